The van der Waals surface area contributed by atoms with Gasteiger partial charge >= 0.3 is 0 Å². The molecule has 1 N–H and O–H groups in total. The van der Waals surface area contributed by atoms with Crippen molar-refractivity contribution in [3.8, 4) is 0 Å². The molecule has 0 unspecified atom stereocenters. The van der Waals surface area contributed by atoms with Crippen LogP contribution in [-0.4, -0.2) is 15.3 Å². The van der Waals surface area contributed by atoms with Crippen molar-refractivity contribution in [2.75, 3.05) is 11.9 Å². The van der Waals surface area contributed by atoms with Crippen molar-refractivity contribution < 1.29 is 0 Å². The Labute approximate surface area is 101 Å². The number of rotatable bonds is 3. The Morgan fingerprint density at radius 3 is 2.62 bits per heavy atom. The summed E-state index contributed by atoms with van der Waals surface area (Å²) in [7, 11) is -0.177. The summed E-state index contributed by atoms with van der Waals surface area (Å²) in [6.07, 6.45) is 0. The third kappa shape index (κ3) is 2.03. The quantitative estimate of drug-likeness (QED) is 0.773. The number of benzene rings is 1. The van der Waals surface area contributed by atoms with E-state index in [0.29, 0.717) is 0 Å². The number of anilines is 1. The lowest BCUT2D eigenvalue weighted by atomic mass is 9.92. The SMILES string of the molecule is CC[Si](CC)[C@H]1CNc2ccccc2[C@H]1C. The van der Waals surface area contributed by atoms with Gasteiger partial charge in [0.25, 0.3) is 0 Å². The van der Waals surface area contributed by atoms with Crippen LogP contribution >= 0.6 is 0 Å². The van der Waals surface area contributed by atoms with Crippen LogP contribution in [0.3, 0.4) is 0 Å². The molecule has 1 aliphatic rings. The second-order valence-electron chi connectivity index (χ2n) is 4.73. The maximum atomic E-state index is 3.62. The molecule has 2 heteroatoms. The van der Waals surface area contributed by atoms with Crippen LogP contribution in [-0.2, 0) is 0 Å². The molecule has 0 saturated carbocycles. The van der Waals surface area contributed by atoms with Gasteiger partial charge in [-0.05, 0) is 23.1 Å². The predicted octanol–water partition coefficient (Wildman–Crippen LogP) is 4.12. The fourth-order valence-electron chi connectivity index (χ4n) is 2.94. The van der Waals surface area contributed by atoms with Gasteiger partial charge in [-0.2, -0.15) is 0 Å². The molecular weight excluding hydrogens is 210 g/mol. The van der Waals surface area contributed by atoms with Crippen molar-refractivity contribution in [3.63, 3.8) is 0 Å². The van der Waals surface area contributed by atoms with Crippen LogP contribution in [0.4, 0.5) is 5.69 Å². The van der Waals surface area contributed by atoms with E-state index in [2.05, 4.69) is 50.4 Å². The summed E-state index contributed by atoms with van der Waals surface area (Å²) in [6.45, 7) is 8.34. The van der Waals surface area contributed by atoms with Gasteiger partial charge in [0.1, 0.15) is 0 Å². The van der Waals surface area contributed by atoms with E-state index in [9.17, 15) is 0 Å². The fourth-order valence-corrected chi connectivity index (χ4v) is 5.77. The van der Waals surface area contributed by atoms with E-state index in [1.807, 2.05) is 0 Å². The molecule has 1 radical (unpaired) electrons. The lowest BCUT2D eigenvalue weighted by molar-refractivity contribution is 0.663. The van der Waals surface area contributed by atoms with E-state index in [4.69, 9.17) is 0 Å². The van der Waals surface area contributed by atoms with Crippen LogP contribution in [0.15, 0.2) is 24.3 Å². The Kier molecular flexibility index (Phi) is 3.69. The molecule has 1 nitrogen and oxygen atoms in total. The van der Waals surface area contributed by atoms with Crippen LogP contribution in [0.2, 0.25) is 17.6 Å². The van der Waals surface area contributed by atoms with Crippen LogP contribution in [0.25, 0.3) is 0 Å². The molecule has 0 bridgehead atoms. The van der Waals surface area contributed by atoms with Crippen LogP contribution in [0.5, 0.6) is 0 Å². The number of nitrogens with one attached hydrogen (secondary N) is 1. The number of fused-ring (bicyclic) bond motifs is 1. The zero-order chi connectivity index (χ0) is 11.5. The van der Waals surface area contributed by atoms with Crippen molar-refractivity contribution >= 4 is 14.5 Å². The largest absolute Gasteiger partial charge is 0.385 e. The monoisotopic (exact) mass is 232 g/mol. The van der Waals surface area contributed by atoms with E-state index < -0.39 is 0 Å². The highest BCUT2D eigenvalue weighted by molar-refractivity contribution is 6.60. The van der Waals surface area contributed by atoms with Gasteiger partial charge in [0.15, 0.2) is 0 Å². The van der Waals surface area contributed by atoms with Gasteiger partial charge in [-0.25, -0.2) is 0 Å². The maximum absolute atomic E-state index is 3.62. The molecule has 2 rings (SSSR count). The van der Waals surface area contributed by atoms with E-state index in [1.165, 1.54) is 29.9 Å². The molecule has 0 aromatic heterocycles. The summed E-state index contributed by atoms with van der Waals surface area (Å²) in [5.41, 5.74) is 3.79. The minimum atomic E-state index is -0.177. The summed E-state index contributed by atoms with van der Waals surface area (Å²) in [5, 5.41) is 3.62. The second-order valence-corrected chi connectivity index (χ2v) is 8.20. The molecule has 0 saturated heterocycles. The summed E-state index contributed by atoms with van der Waals surface area (Å²) in [6, 6.07) is 11.6. The summed E-state index contributed by atoms with van der Waals surface area (Å²) in [5.74, 6) is 0.742. The molecule has 2 atom stereocenters. The Bertz CT molecular complexity index is 346. The number of hydrogen-bond acceptors (Lipinski definition) is 1. The van der Waals surface area contributed by atoms with E-state index in [0.717, 1.165) is 11.5 Å². The van der Waals surface area contributed by atoms with Gasteiger partial charge in [0, 0.05) is 12.2 Å². The summed E-state index contributed by atoms with van der Waals surface area (Å²) < 4.78 is 0. The summed E-state index contributed by atoms with van der Waals surface area (Å²) >= 11 is 0. The van der Waals surface area contributed by atoms with Crippen molar-refractivity contribution in [2.24, 2.45) is 0 Å². The first kappa shape index (κ1) is 11.7. The highest BCUT2D eigenvalue weighted by Crippen LogP contribution is 2.40. The molecule has 0 spiro atoms. The zero-order valence-electron chi connectivity index (χ0n) is 10.6. The molecular formula is C14H22NSi. The standard InChI is InChI=1S/C14H22NSi/c1-4-16(5-2)14-10-15-13-9-7-6-8-12(13)11(14)3/h6-9,11,14-15H,4-5,10H2,1-3H3/t11-,14+/m1/s1. The molecule has 1 aliphatic heterocycles. The van der Waals surface area contributed by atoms with Crippen molar-refractivity contribution in [2.45, 2.75) is 44.3 Å². The lowest BCUT2D eigenvalue weighted by Gasteiger charge is -2.36. The van der Waals surface area contributed by atoms with Crippen LogP contribution in [0, 0.1) is 0 Å². The summed E-state index contributed by atoms with van der Waals surface area (Å²) in [4.78, 5) is 0. The predicted molar refractivity (Wildman–Crippen MR) is 73.8 cm³/mol. The van der Waals surface area contributed by atoms with Crippen LogP contribution < -0.4 is 5.32 Å². The lowest BCUT2D eigenvalue weighted by Crippen LogP contribution is -2.32. The van der Waals surface area contributed by atoms with Gasteiger partial charge in [-0.1, -0.05) is 51.1 Å². The van der Waals surface area contributed by atoms with Gasteiger partial charge in [-0.3, -0.25) is 0 Å². The molecule has 1 aromatic rings. The molecule has 87 valence electrons. The van der Waals surface area contributed by atoms with Gasteiger partial charge in [0.2, 0.25) is 0 Å². The van der Waals surface area contributed by atoms with Crippen molar-refractivity contribution in [1.82, 2.24) is 0 Å². The zero-order valence-corrected chi connectivity index (χ0v) is 11.6. The highest BCUT2D eigenvalue weighted by Gasteiger charge is 2.31. The Hall–Kier alpha value is -0.763. The van der Waals surface area contributed by atoms with Crippen molar-refractivity contribution in [3.05, 3.63) is 29.8 Å². The van der Waals surface area contributed by atoms with Gasteiger partial charge in [0.05, 0.1) is 8.80 Å². The van der Waals surface area contributed by atoms with E-state index >= 15 is 0 Å². The molecule has 1 aromatic carbocycles. The first-order valence-electron chi connectivity index (χ1n) is 6.45. The van der Waals surface area contributed by atoms with Crippen LogP contribution in [0.1, 0.15) is 32.3 Å². The smallest absolute Gasteiger partial charge is 0.0534 e. The fraction of sp³-hybridized carbons (Fsp3) is 0.571. The van der Waals surface area contributed by atoms with Gasteiger partial charge < -0.3 is 5.32 Å². The normalized spacial score (nSPS) is 24.0. The average molecular weight is 232 g/mol. The third-order valence-electron chi connectivity index (χ3n) is 4.00. The number of para-hydroxylation sites is 1. The minimum Gasteiger partial charge on any atom is -0.385 e. The van der Waals surface area contributed by atoms with E-state index in [-0.39, 0.29) is 8.80 Å². The Morgan fingerprint density at radius 1 is 1.25 bits per heavy atom. The minimum absolute atomic E-state index is 0.177. The molecule has 0 amide bonds. The first-order valence-corrected chi connectivity index (χ1v) is 8.44. The number of hydrogen-bond donors (Lipinski definition) is 1. The van der Waals surface area contributed by atoms with E-state index in [1.54, 1.807) is 0 Å². The second kappa shape index (κ2) is 5.04. The average Bonchev–Trinajstić information content (AvgIpc) is 2.34. The topological polar surface area (TPSA) is 12.0 Å². The Balaban J connectivity index is 2.23. The first-order chi connectivity index (χ1) is 7.77. The molecule has 0 fully saturated rings. The molecule has 1 heterocycles. The van der Waals surface area contributed by atoms with Crippen molar-refractivity contribution in [1.29, 1.82) is 0 Å². The highest BCUT2D eigenvalue weighted by atomic mass is 28.3. The third-order valence-corrected chi connectivity index (χ3v) is 7.57. The maximum Gasteiger partial charge on any atom is 0.0534 e. The Morgan fingerprint density at radius 2 is 1.94 bits per heavy atom. The van der Waals surface area contributed by atoms with Gasteiger partial charge in [-0.15, -0.1) is 0 Å². The molecule has 16 heavy (non-hydrogen) atoms. The molecule has 0 aliphatic carbocycles.